The lowest BCUT2D eigenvalue weighted by Crippen LogP contribution is -2.38. The van der Waals surface area contributed by atoms with Crippen LogP contribution in [-0.4, -0.2) is 35.5 Å². The first kappa shape index (κ1) is 9.65. The molecule has 2 heterocycles. The zero-order valence-electron chi connectivity index (χ0n) is 8.76. The van der Waals surface area contributed by atoms with E-state index in [2.05, 4.69) is 10.4 Å². The number of nitrogens with zero attached hydrogens (tertiary/aromatic N) is 2. The summed E-state index contributed by atoms with van der Waals surface area (Å²) in [6.45, 7) is 1.19. The van der Waals surface area contributed by atoms with E-state index < -0.39 is 0 Å². The van der Waals surface area contributed by atoms with Gasteiger partial charge in [0.15, 0.2) is 0 Å². The van der Waals surface area contributed by atoms with Gasteiger partial charge in [0, 0.05) is 0 Å². The maximum absolute atomic E-state index is 10.5. The number of carbonyl (C=O) groups is 1. The molecule has 0 unspecified atom stereocenters. The number of carbonyl (C=O) groups excluding carboxylic acids is 1. The third-order valence-corrected chi connectivity index (χ3v) is 2.72. The summed E-state index contributed by atoms with van der Waals surface area (Å²) in [5.41, 5.74) is 0.633. The summed E-state index contributed by atoms with van der Waals surface area (Å²) in [7, 11) is 0. The SMILES string of the molecule is O=CNc1cn(C2CC2)nc1OC1COC1. The Bertz CT molecular complexity index is 396. The van der Waals surface area contributed by atoms with E-state index in [0.29, 0.717) is 37.2 Å². The van der Waals surface area contributed by atoms with E-state index in [9.17, 15) is 4.79 Å². The van der Waals surface area contributed by atoms with Crippen molar-refractivity contribution in [1.82, 2.24) is 9.78 Å². The summed E-state index contributed by atoms with van der Waals surface area (Å²) >= 11 is 0. The van der Waals surface area contributed by atoms with Crippen LogP contribution in [0.2, 0.25) is 0 Å². The molecule has 1 aliphatic carbocycles. The molecule has 86 valence electrons. The van der Waals surface area contributed by atoms with E-state index in [4.69, 9.17) is 9.47 Å². The Hall–Kier alpha value is -1.56. The average molecular weight is 223 g/mol. The Kier molecular flexibility index (Phi) is 2.28. The smallest absolute Gasteiger partial charge is 0.257 e. The van der Waals surface area contributed by atoms with Crippen LogP contribution in [0.5, 0.6) is 5.88 Å². The summed E-state index contributed by atoms with van der Waals surface area (Å²) < 4.78 is 12.5. The molecule has 1 aromatic rings. The van der Waals surface area contributed by atoms with Crippen LogP contribution in [0.4, 0.5) is 5.69 Å². The monoisotopic (exact) mass is 223 g/mol. The zero-order valence-corrected chi connectivity index (χ0v) is 8.76. The lowest BCUT2D eigenvalue weighted by Gasteiger charge is -2.25. The van der Waals surface area contributed by atoms with Crippen LogP contribution in [0.3, 0.4) is 0 Å². The van der Waals surface area contributed by atoms with Gasteiger partial charge in [0.05, 0.1) is 25.5 Å². The van der Waals surface area contributed by atoms with Crippen molar-refractivity contribution in [1.29, 1.82) is 0 Å². The molecule has 1 saturated carbocycles. The first-order chi connectivity index (χ1) is 7.86. The maximum atomic E-state index is 10.5. The molecule has 1 N–H and O–H groups in total. The van der Waals surface area contributed by atoms with Crippen molar-refractivity contribution >= 4 is 12.1 Å². The minimum absolute atomic E-state index is 0.0646. The molecular weight excluding hydrogens is 210 g/mol. The number of aromatic nitrogens is 2. The Morgan fingerprint density at radius 1 is 1.56 bits per heavy atom. The highest BCUT2D eigenvalue weighted by Crippen LogP contribution is 2.37. The second kappa shape index (κ2) is 3.79. The number of ether oxygens (including phenoxy) is 2. The molecule has 1 saturated heterocycles. The van der Waals surface area contributed by atoms with E-state index in [1.165, 1.54) is 0 Å². The molecule has 6 heteroatoms. The van der Waals surface area contributed by atoms with Gasteiger partial charge in [0.2, 0.25) is 6.41 Å². The third kappa shape index (κ3) is 1.76. The fraction of sp³-hybridized carbons (Fsp3) is 0.600. The van der Waals surface area contributed by atoms with Gasteiger partial charge in [-0.1, -0.05) is 0 Å². The highest BCUT2D eigenvalue weighted by molar-refractivity contribution is 5.73. The van der Waals surface area contributed by atoms with Crippen LogP contribution < -0.4 is 10.1 Å². The second-order valence-electron chi connectivity index (χ2n) is 4.10. The van der Waals surface area contributed by atoms with Gasteiger partial charge in [0.25, 0.3) is 5.88 Å². The molecule has 3 rings (SSSR count). The van der Waals surface area contributed by atoms with Gasteiger partial charge in [-0.3, -0.25) is 9.48 Å². The molecule has 0 aromatic carbocycles. The van der Waals surface area contributed by atoms with Gasteiger partial charge in [-0.2, -0.15) is 0 Å². The number of hydrogen-bond acceptors (Lipinski definition) is 4. The van der Waals surface area contributed by atoms with Gasteiger partial charge in [0.1, 0.15) is 11.8 Å². The molecule has 6 nitrogen and oxygen atoms in total. The van der Waals surface area contributed by atoms with Crippen LogP contribution in [0.1, 0.15) is 18.9 Å². The summed E-state index contributed by atoms with van der Waals surface area (Å²) in [6.07, 6.45) is 4.82. The molecule has 16 heavy (non-hydrogen) atoms. The number of anilines is 1. The number of hydrogen-bond donors (Lipinski definition) is 1. The van der Waals surface area contributed by atoms with Crippen LogP contribution in [0, 0.1) is 0 Å². The molecule has 2 aliphatic rings. The van der Waals surface area contributed by atoms with E-state index in [1.54, 1.807) is 0 Å². The minimum Gasteiger partial charge on any atom is -0.467 e. The van der Waals surface area contributed by atoms with Crippen molar-refractivity contribution in [2.75, 3.05) is 18.5 Å². The molecule has 2 fully saturated rings. The first-order valence-corrected chi connectivity index (χ1v) is 5.40. The van der Waals surface area contributed by atoms with E-state index in [0.717, 1.165) is 12.8 Å². The molecule has 1 aliphatic heterocycles. The van der Waals surface area contributed by atoms with Crippen LogP contribution in [0.25, 0.3) is 0 Å². The van der Waals surface area contributed by atoms with Crippen molar-refractivity contribution < 1.29 is 14.3 Å². The van der Waals surface area contributed by atoms with Crippen molar-refractivity contribution in [3.05, 3.63) is 6.20 Å². The Morgan fingerprint density at radius 3 is 2.94 bits per heavy atom. The normalized spacial score (nSPS) is 20.2. The Balaban J connectivity index is 1.78. The van der Waals surface area contributed by atoms with Crippen molar-refractivity contribution in [2.24, 2.45) is 0 Å². The molecule has 0 atom stereocenters. The van der Waals surface area contributed by atoms with Crippen LogP contribution in [-0.2, 0) is 9.53 Å². The van der Waals surface area contributed by atoms with E-state index in [1.807, 2.05) is 10.9 Å². The standard InChI is InChI=1S/C10H13N3O3/c14-6-11-9-3-13(7-1-2-7)12-10(9)16-8-4-15-5-8/h3,6-8H,1-2,4-5H2,(H,11,14). The van der Waals surface area contributed by atoms with E-state index >= 15 is 0 Å². The zero-order chi connectivity index (χ0) is 11.0. The molecule has 1 aromatic heterocycles. The largest absolute Gasteiger partial charge is 0.467 e. The highest BCUT2D eigenvalue weighted by atomic mass is 16.6. The molecular formula is C10H13N3O3. The van der Waals surface area contributed by atoms with Crippen molar-refractivity contribution in [2.45, 2.75) is 25.0 Å². The predicted molar refractivity (Wildman–Crippen MR) is 55.4 cm³/mol. The summed E-state index contributed by atoms with van der Waals surface area (Å²) in [5, 5.41) is 6.93. The fourth-order valence-electron chi connectivity index (χ4n) is 1.59. The molecule has 0 bridgehead atoms. The lowest BCUT2D eigenvalue weighted by atomic mass is 10.3. The fourth-order valence-corrected chi connectivity index (χ4v) is 1.59. The molecule has 1 amide bonds. The second-order valence-corrected chi connectivity index (χ2v) is 4.10. The van der Waals surface area contributed by atoms with E-state index in [-0.39, 0.29) is 6.10 Å². The summed E-state index contributed by atoms with van der Waals surface area (Å²) in [6, 6.07) is 0.474. The van der Waals surface area contributed by atoms with Crippen molar-refractivity contribution in [3.63, 3.8) is 0 Å². The minimum atomic E-state index is 0.0646. The molecule has 0 radical (unpaired) electrons. The third-order valence-electron chi connectivity index (χ3n) is 2.72. The lowest BCUT2D eigenvalue weighted by molar-refractivity contribution is -0.105. The van der Waals surface area contributed by atoms with Gasteiger partial charge >= 0.3 is 0 Å². The quantitative estimate of drug-likeness (QED) is 0.741. The highest BCUT2D eigenvalue weighted by Gasteiger charge is 2.28. The molecule has 0 spiro atoms. The number of amides is 1. The number of nitrogens with one attached hydrogen (secondary N) is 1. The van der Waals surface area contributed by atoms with Gasteiger partial charge < -0.3 is 14.8 Å². The maximum Gasteiger partial charge on any atom is 0.257 e. The average Bonchev–Trinajstić information content (AvgIpc) is 2.98. The number of rotatable bonds is 5. The van der Waals surface area contributed by atoms with Crippen LogP contribution >= 0.6 is 0 Å². The van der Waals surface area contributed by atoms with Crippen LogP contribution in [0.15, 0.2) is 6.20 Å². The predicted octanol–water partition coefficient (Wildman–Crippen LogP) is 0.564. The Morgan fingerprint density at radius 2 is 2.38 bits per heavy atom. The Labute approximate surface area is 92.5 Å². The summed E-state index contributed by atoms with van der Waals surface area (Å²) in [4.78, 5) is 10.5. The van der Waals surface area contributed by atoms with Crippen molar-refractivity contribution in [3.8, 4) is 5.88 Å². The van der Waals surface area contributed by atoms with Gasteiger partial charge in [-0.05, 0) is 12.8 Å². The first-order valence-electron chi connectivity index (χ1n) is 5.40. The van der Waals surface area contributed by atoms with Gasteiger partial charge in [-0.25, -0.2) is 0 Å². The summed E-state index contributed by atoms with van der Waals surface area (Å²) in [5.74, 6) is 0.493. The topological polar surface area (TPSA) is 65.4 Å². The van der Waals surface area contributed by atoms with Gasteiger partial charge in [-0.15, -0.1) is 5.10 Å².